The summed E-state index contributed by atoms with van der Waals surface area (Å²) in [5, 5.41) is 2.83. The van der Waals surface area contributed by atoms with Crippen molar-refractivity contribution >= 4 is 6.09 Å². The summed E-state index contributed by atoms with van der Waals surface area (Å²) in [4.78, 5) is 13.3. The molecule has 2 saturated heterocycles. The Bertz CT molecular complexity index is 281. The van der Waals surface area contributed by atoms with Gasteiger partial charge in [-0.15, -0.1) is 0 Å². The van der Waals surface area contributed by atoms with Gasteiger partial charge in [0.05, 0.1) is 19.1 Å². The van der Waals surface area contributed by atoms with Crippen molar-refractivity contribution in [2.45, 2.75) is 57.9 Å². The SMILES string of the molecule is CCCCNC(=O)OC[C@H]1CCC[NH+]2CCCC[C@H]12. The minimum Gasteiger partial charge on any atom is -0.449 e. The molecule has 2 aliphatic rings. The molecule has 2 rings (SSSR count). The number of carbonyl (C=O) groups excluding carboxylic acids is 1. The predicted octanol–water partition coefficient (Wildman–Crippen LogP) is 1.36. The Morgan fingerprint density at radius 1 is 1.26 bits per heavy atom. The molecule has 1 unspecified atom stereocenters. The number of fused-ring (bicyclic) bond motifs is 1. The Labute approximate surface area is 116 Å². The van der Waals surface area contributed by atoms with Crippen LogP contribution in [0.4, 0.5) is 4.79 Å². The number of unbranched alkanes of at least 4 members (excludes halogenated alkanes) is 1. The van der Waals surface area contributed by atoms with Crippen LogP contribution < -0.4 is 10.2 Å². The molecule has 0 spiro atoms. The first-order valence-corrected chi connectivity index (χ1v) is 8.06. The van der Waals surface area contributed by atoms with Crippen LogP contribution in [0, 0.1) is 5.92 Å². The monoisotopic (exact) mass is 269 g/mol. The fourth-order valence-corrected chi connectivity index (χ4v) is 3.58. The van der Waals surface area contributed by atoms with E-state index in [0.29, 0.717) is 12.5 Å². The molecule has 0 aliphatic carbocycles. The van der Waals surface area contributed by atoms with Crippen LogP contribution >= 0.6 is 0 Å². The van der Waals surface area contributed by atoms with Crippen molar-refractivity contribution in [1.29, 1.82) is 0 Å². The first-order chi connectivity index (χ1) is 9.31. The van der Waals surface area contributed by atoms with Crippen LogP contribution in [0.25, 0.3) is 0 Å². The number of nitrogens with one attached hydrogen (secondary N) is 2. The zero-order chi connectivity index (χ0) is 13.5. The third-order valence-electron chi connectivity index (χ3n) is 4.66. The summed E-state index contributed by atoms with van der Waals surface area (Å²) in [7, 11) is 0. The van der Waals surface area contributed by atoms with E-state index >= 15 is 0 Å². The average Bonchev–Trinajstić information content (AvgIpc) is 2.45. The molecule has 0 radical (unpaired) electrons. The van der Waals surface area contributed by atoms with Gasteiger partial charge >= 0.3 is 6.09 Å². The van der Waals surface area contributed by atoms with E-state index in [9.17, 15) is 4.79 Å². The van der Waals surface area contributed by atoms with Crippen molar-refractivity contribution < 1.29 is 14.4 Å². The number of amides is 1. The normalized spacial score (nSPS) is 30.5. The van der Waals surface area contributed by atoms with Gasteiger partial charge in [-0.05, 0) is 38.5 Å². The second-order valence-electron chi connectivity index (χ2n) is 6.04. The zero-order valence-electron chi connectivity index (χ0n) is 12.2. The van der Waals surface area contributed by atoms with E-state index in [4.69, 9.17) is 4.74 Å². The zero-order valence-corrected chi connectivity index (χ0v) is 12.2. The number of carbonyl (C=O) groups is 1. The summed E-state index contributed by atoms with van der Waals surface area (Å²) in [5.74, 6) is 0.584. The van der Waals surface area contributed by atoms with Crippen molar-refractivity contribution in [3.05, 3.63) is 0 Å². The molecule has 0 saturated carbocycles. The van der Waals surface area contributed by atoms with Crippen molar-refractivity contribution in [3.8, 4) is 0 Å². The van der Waals surface area contributed by atoms with Crippen LogP contribution in [0.3, 0.4) is 0 Å². The number of quaternary nitrogens is 1. The standard InChI is InChI=1S/C15H28N2O2/c1-2-3-9-16-15(18)19-12-13-7-6-11-17-10-5-4-8-14(13)17/h13-14H,2-12H2,1H3,(H,16,18)/p+1/t13-,14-/m1/s1. The molecule has 19 heavy (non-hydrogen) atoms. The Morgan fingerprint density at radius 3 is 2.95 bits per heavy atom. The second-order valence-corrected chi connectivity index (χ2v) is 6.04. The number of hydrogen-bond donors (Lipinski definition) is 2. The first-order valence-electron chi connectivity index (χ1n) is 8.06. The van der Waals surface area contributed by atoms with Crippen LogP contribution in [-0.4, -0.2) is 38.4 Å². The molecule has 2 aliphatic heterocycles. The number of rotatable bonds is 5. The summed E-state index contributed by atoms with van der Waals surface area (Å²) < 4.78 is 5.41. The highest BCUT2D eigenvalue weighted by Crippen LogP contribution is 2.20. The summed E-state index contributed by atoms with van der Waals surface area (Å²) in [6.45, 7) is 6.12. The molecule has 2 heterocycles. The highest BCUT2D eigenvalue weighted by Gasteiger charge is 2.37. The van der Waals surface area contributed by atoms with E-state index in [-0.39, 0.29) is 6.09 Å². The molecule has 0 bridgehead atoms. The number of ether oxygens (including phenoxy) is 1. The molecule has 0 aromatic rings. The lowest BCUT2D eigenvalue weighted by molar-refractivity contribution is -0.940. The van der Waals surface area contributed by atoms with E-state index in [1.165, 1.54) is 45.2 Å². The molecule has 0 aromatic heterocycles. The van der Waals surface area contributed by atoms with Crippen LogP contribution in [0.1, 0.15) is 51.9 Å². The van der Waals surface area contributed by atoms with Crippen molar-refractivity contribution in [1.82, 2.24) is 5.32 Å². The molecular formula is C15H29N2O2+. The molecular weight excluding hydrogens is 240 g/mol. The minimum absolute atomic E-state index is 0.226. The topological polar surface area (TPSA) is 42.8 Å². The third kappa shape index (κ3) is 4.37. The van der Waals surface area contributed by atoms with E-state index < -0.39 is 0 Å². The lowest BCUT2D eigenvalue weighted by Crippen LogP contribution is -3.18. The fraction of sp³-hybridized carbons (Fsp3) is 0.933. The summed E-state index contributed by atoms with van der Waals surface area (Å²) in [6, 6.07) is 0.742. The van der Waals surface area contributed by atoms with Gasteiger partial charge in [0.25, 0.3) is 0 Å². The molecule has 2 fully saturated rings. The van der Waals surface area contributed by atoms with Gasteiger partial charge in [-0.3, -0.25) is 0 Å². The molecule has 4 nitrogen and oxygen atoms in total. The van der Waals surface area contributed by atoms with Crippen molar-refractivity contribution in [2.24, 2.45) is 5.92 Å². The molecule has 110 valence electrons. The quantitative estimate of drug-likeness (QED) is 0.740. The molecule has 2 N–H and O–H groups in total. The Balaban J connectivity index is 1.70. The first kappa shape index (κ1) is 14.6. The van der Waals surface area contributed by atoms with Crippen LogP contribution in [0.15, 0.2) is 0 Å². The van der Waals surface area contributed by atoms with Gasteiger partial charge in [-0.2, -0.15) is 0 Å². The van der Waals surface area contributed by atoms with Gasteiger partial charge in [0.1, 0.15) is 6.61 Å². The third-order valence-corrected chi connectivity index (χ3v) is 4.66. The van der Waals surface area contributed by atoms with E-state index in [1.807, 2.05) is 0 Å². The maximum Gasteiger partial charge on any atom is 0.407 e. The summed E-state index contributed by atoms with van der Waals surface area (Å²) in [5.41, 5.74) is 0. The Morgan fingerprint density at radius 2 is 2.11 bits per heavy atom. The van der Waals surface area contributed by atoms with Crippen LogP contribution in [-0.2, 0) is 4.74 Å². The number of piperidine rings is 2. The van der Waals surface area contributed by atoms with Crippen LogP contribution in [0.2, 0.25) is 0 Å². The maximum absolute atomic E-state index is 11.6. The van der Waals surface area contributed by atoms with Gasteiger partial charge < -0.3 is 15.0 Å². The molecule has 0 aromatic carbocycles. The fourth-order valence-electron chi connectivity index (χ4n) is 3.58. The lowest BCUT2D eigenvalue weighted by Gasteiger charge is -2.40. The largest absolute Gasteiger partial charge is 0.449 e. The van der Waals surface area contributed by atoms with Gasteiger partial charge in [0.2, 0.25) is 0 Å². The highest BCUT2D eigenvalue weighted by atomic mass is 16.5. The van der Waals surface area contributed by atoms with Crippen molar-refractivity contribution in [3.63, 3.8) is 0 Å². The summed E-state index contributed by atoms with van der Waals surface area (Å²) in [6.07, 6.45) is 8.47. The average molecular weight is 269 g/mol. The van der Waals surface area contributed by atoms with Gasteiger partial charge in [0.15, 0.2) is 0 Å². The second kappa shape index (κ2) is 7.73. The van der Waals surface area contributed by atoms with Gasteiger partial charge in [-0.25, -0.2) is 4.79 Å². The summed E-state index contributed by atoms with van der Waals surface area (Å²) >= 11 is 0. The van der Waals surface area contributed by atoms with E-state index in [2.05, 4.69) is 12.2 Å². The number of hydrogen-bond acceptors (Lipinski definition) is 2. The smallest absolute Gasteiger partial charge is 0.407 e. The van der Waals surface area contributed by atoms with Crippen molar-refractivity contribution in [2.75, 3.05) is 26.2 Å². The predicted molar refractivity (Wildman–Crippen MR) is 75.3 cm³/mol. The molecule has 3 atom stereocenters. The lowest BCUT2D eigenvalue weighted by atomic mass is 9.84. The maximum atomic E-state index is 11.6. The Hall–Kier alpha value is -0.770. The molecule has 4 heteroatoms. The van der Waals surface area contributed by atoms with E-state index in [1.54, 1.807) is 4.90 Å². The highest BCUT2D eigenvalue weighted by molar-refractivity contribution is 5.67. The van der Waals surface area contributed by atoms with E-state index in [0.717, 1.165) is 25.4 Å². The van der Waals surface area contributed by atoms with Gasteiger partial charge in [0, 0.05) is 12.5 Å². The minimum atomic E-state index is -0.226. The van der Waals surface area contributed by atoms with Crippen LogP contribution in [0.5, 0.6) is 0 Å². The Kier molecular flexibility index (Phi) is 5.95. The number of alkyl carbamates (subject to hydrolysis) is 1. The van der Waals surface area contributed by atoms with Gasteiger partial charge in [-0.1, -0.05) is 13.3 Å². The molecule has 1 amide bonds.